The number of ether oxygens (including phenoxy) is 4. The molecule has 6 atom stereocenters. The maximum absolute atomic E-state index is 12.7. The van der Waals surface area contributed by atoms with Crippen LogP contribution >= 0.6 is 0 Å². The van der Waals surface area contributed by atoms with Crippen molar-refractivity contribution in [3.8, 4) is 0 Å². The van der Waals surface area contributed by atoms with Gasteiger partial charge < -0.3 is 39.4 Å². The molecule has 0 spiro atoms. The van der Waals surface area contributed by atoms with Crippen LogP contribution in [0.15, 0.2) is 85.1 Å². The summed E-state index contributed by atoms with van der Waals surface area (Å²) in [7, 11) is 0. The van der Waals surface area contributed by atoms with Crippen molar-refractivity contribution in [1.82, 2.24) is 0 Å². The quantitative estimate of drug-likeness (QED) is 0.0282. The van der Waals surface area contributed by atoms with E-state index in [1.54, 1.807) is 6.08 Å². The Kier molecular flexibility index (Phi) is 34.8. The molecule has 0 aromatic carbocycles. The van der Waals surface area contributed by atoms with Crippen LogP contribution in [-0.4, -0.2) is 89.6 Å². The molecule has 0 bridgehead atoms. The molecule has 9 heteroatoms. The van der Waals surface area contributed by atoms with Gasteiger partial charge >= 0.3 is 5.97 Å². The zero-order valence-corrected chi connectivity index (χ0v) is 34.8. The lowest BCUT2D eigenvalue weighted by atomic mass is 9.99. The third-order valence-electron chi connectivity index (χ3n) is 9.33. The van der Waals surface area contributed by atoms with Crippen LogP contribution in [-0.2, 0) is 23.7 Å². The van der Waals surface area contributed by atoms with E-state index < -0.39 is 49.4 Å². The highest BCUT2D eigenvalue weighted by atomic mass is 16.7. The van der Waals surface area contributed by atoms with Gasteiger partial charge in [0.1, 0.15) is 30.5 Å². The van der Waals surface area contributed by atoms with Crippen LogP contribution in [0.2, 0.25) is 0 Å². The summed E-state index contributed by atoms with van der Waals surface area (Å²) in [5, 5.41) is 40.1. The maximum atomic E-state index is 12.7. The van der Waals surface area contributed by atoms with Gasteiger partial charge in [0.2, 0.25) is 0 Å². The fourth-order valence-electron chi connectivity index (χ4n) is 5.95. The summed E-state index contributed by atoms with van der Waals surface area (Å²) in [6.07, 6.45) is 43.5. The molecular weight excluding hydrogens is 709 g/mol. The number of unbranched alkanes of at least 4 members (excludes halogenated alkanes) is 11. The Balaban J connectivity index is 2.35. The number of carbonyl (C=O) groups is 1. The summed E-state index contributed by atoms with van der Waals surface area (Å²) in [6, 6.07) is 0. The van der Waals surface area contributed by atoms with Crippen molar-refractivity contribution in [2.24, 2.45) is 0 Å². The van der Waals surface area contributed by atoms with Crippen molar-refractivity contribution in [3.05, 3.63) is 85.1 Å². The van der Waals surface area contributed by atoms with Gasteiger partial charge in [0.15, 0.2) is 6.29 Å². The van der Waals surface area contributed by atoms with Crippen LogP contribution in [0, 0.1) is 0 Å². The molecule has 1 fully saturated rings. The minimum absolute atomic E-state index is 0.0810. The van der Waals surface area contributed by atoms with Gasteiger partial charge in [0.25, 0.3) is 0 Å². The number of hydrogen-bond acceptors (Lipinski definition) is 9. The van der Waals surface area contributed by atoms with Crippen molar-refractivity contribution >= 4 is 5.97 Å². The number of aliphatic hydroxyl groups excluding tert-OH is 4. The number of carbonyl (C=O) groups excluding carboxylic acids is 1. The van der Waals surface area contributed by atoms with E-state index in [-0.39, 0.29) is 19.6 Å². The van der Waals surface area contributed by atoms with Gasteiger partial charge in [-0.15, -0.1) is 0 Å². The van der Waals surface area contributed by atoms with Crippen LogP contribution in [0.5, 0.6) is 0 Å². The summed E-state index contributed by atoms with van der Waals surface area (Å²) in [5.41, 5.74) is 0. The van der Waals surface area contributed by atoms with E-state index in [4.69, 9.17) is 18.9 Å². The fraction of sp³-hybridized carbons (Fsp3) is 0.681. The molecule has 0 saturated carbocycles. The van der Waals surface area contributed by atoms with Gasteiger partial charge in [-0.05, 0) is 70.6 Å². The zero-order chi connectivity index (χ0) is 40.7. The predicted molar refractivity (Wildman–Crippen MR) is 228 cm³/mol. The smallest absolute Gasteiger partial charge is 0.310 e. The molecule has 1 aliphatic rings. The molecule has 0 aliphatic carbocycles. The third kappa shape index (κ3) is 28.7. The second kappa shape index (κ2) is 37.9. The Hall–Kier alpha value is -2.63. The highest BCUT2D eigenvalue weighted by molar-refractivity contribution is 5.71. The van der Waals surface area contributed by atoms with Gasteiger partial charge in [-0.1, -0.05) is 150 Å². The van der Waals surface area contributed by atoms with Crippen molar-refractivity contribution in [2.45, 2.75) is 179 Å². The molecule has 4 N–H and O–H groups in total. The zero-order valence-electron chi connectivity index (χ0n) is 34.8. The first-order valence-corrected chi connectivity index (χ1v) is 21.7. The van der Waals surface area contributed by atoms with E-state index >= 15 is 0 Å². The number of allylic oxidation sites excluding steroid dienone is 13. The van der Waals surface area contributed by atoms with Crippen LogP contribution in [0.1, 0.15) is 142 Å². The molecular formula is C47H78O9. The average molecular weight is 787 g/mol. The molecule has 1 heterocycles. The standard InChI is InChI=1S/C47H78O9/c1-3-5-7-9-11-13-15-17-19-20-21-23-25-27-29-31-33-35-37-53-39-41(40-54-47-46(52)45(51)44(50)42(38-48)56-47)55-43(49)36-34-32-30-28-26-24-22-18-16-14-12-10-8-6-4-2/h6,8,11-14,17-19,22,26,28,32,34,41-42,44-48,50-52H,3-5,7,9-10,15-16,20-21,23-25,27,29-31,33,35-40H2,1-2H3/b8-6-,13-11-,14-12-,19-17-,22-18-,28-26-,34-32-. The first-order valence-electron chi connectivity index (χ1n) is 21.7. The van der Waals surface area contributed by atoms with Crippen LogP contribution in [0.4, 0.5) is 0 Å². The second-order valence-corrected chi connectivity index (χ2v) is 14.4. The molecule has 0 amide bonds. The Bertz CT molecular complexity index is 1120. The predicted octanol–water partition coefficient (Wildman–Crippen LogP) is 9.47. The molecule has 320 valence electrons. The number of rotatable bonds is 35. The van der Waals surface area contributed by atoms with Gasteiger partial charge in [0, 0.05) is 6.61 Å². The Labute approximate surface area is 339 Å². The lowest BCUT2D eigenvalue weighted by Gasteiger charge is -2.39. The highest BCUT2D eigenvalue weighted by Crippen LogP contribution is 2.22. The Morgan fingerprint density at radius 2 is 1.09 bits per heavy atom. The topological polar surface area (TPSA) is 135 Å². The molecule has 1 rings (SSSR count). The van der Waals surface area contributed by atoms with Crippen molar-refractivity contribution in [1.29, 1.82) is 0 Å². The Morgan fingerprint density at radius 1 is 0.589 bits per heavy atom. The SMILES string of the molecule is CC/C=C\C/C=C\C/C=C\C/C=C\C/C=C\CC(=O)OC(COCCCCCCCCCC/C=C\C/C=C\CCCCC)COC1OC(CO)C(O)C(O)C1O. The summed E-state index contributed by atoms with van der Waals surface area (Å²) in [5.74, 6) is -0.446. The fourth-order valence-corrected chi connectivity index (χ4v) is 5.95. The summed E-state index contributed by atoms with van der Waals surface area (Å²) in [4.78, 5) is 12.7. The van der Waals surface area contributed by atoms with E-state index in [1.807, 2.05) is 6.08 Å². The maximum Gasteiger partial charge on any atom is 0.310 e. The van der Waals surface area contributed by atoms with Crippen LogP contribution in [0.3, 0.4) is 0 Å². The first-order chi connectivity index (χ1) is 27.4. The molecule has 6 unspecified atom stereocenters. The molecule has 0 aromatic heterocycles. The number of esters is 1. The van der Waals surface area contributed by atoms with Gasteiger partial charge in [-0.3, -0.25) is 4.79 Å². The molecule has 9 nitrogen and oxygen atoms in total. The monoisotopic (exact) mass is 787 g/mol. The second-order valence-electron chi connectivity index (χ2n) is 14.4. The average Bonchev–Trinajstić information content (AvgIpc) is 3.20. The van der Waals surface area contributed by atoms with Crippen LogP contribution < -0.4 is 0 Å². The van der Waals surface area contributed by atoms with Gasteiger partial charge in [-0.2, -0.15) is 0 Å². The molecule has 56 heavy (non-hydrogen) atoms. The lowest BCUT2D eigenvalue weighted by molar-refractivity contribution is -0.305. The highest BCUT2D eigenvalue weighted by Gasteiger charge is 2.44. The van der Waals surface area contributed by atoms with Crippen molar-refractivity contribution in [2.75, 3.05) is 26.4 Å². The molecule has 0 radical (unpaired) electrons. The molecule has 1 aliphatic heterocycles. The molecule has 0 aromatic rings. The van der Waals surface area contributed by atoms with E-state index in [0.29, 0.717) is 13.0 Å². The van der Waals surface area contributed by atoms with Gasteiger partial charge in [-0.25, -0.2) is 0 Å². The van der Waals surface area contributed by atoms with E-state index in [9.17, 15) is 25.2 Å². The largest absolute Gasteiger partial charge is 0.457 e. The van der Waals surface area contributed by atoms with E-state index in [1.165, 1.54) is 57.8 Å². The Morgan fingerprint density at radius 3 is 1.64 bits per heavy atom. The minimum Gasteiger partial charge on any atom is -0.457 e. The van der Waals surface area contributed by atoms with E-state index in [0.717, 1.165) is 57.8 Å². The normalized spacial score (nSPS) is 21.4. The minimum atomic E-state index is -1.56. The number of aliphatic hydroxyl groups is 4. The third-order valence-corrected chi connectivity index (χ3v) is 9.33. The number of hydrogen-bond donors (Lipinski definition) is 4. The summed E-state index contributed by atoms with van der Waals surface area (Å²) in [6.45, 7) is 4.26. The van der Waals surface area contributed by atoms with Crippen molar-refractivity contribution in [3.63, 3.8) is 0 Å². The first kappa shape index (κ1) is 51.4. The van der Waals surface area contributed by atoms with Crippen molar-refractivity contribution < 1.29 is 44.2 Å². The molecule has 1 saturated heterocycles. The van der Waals surface area contributed by atoms with Crippen LogP contribution in [0.25, 0.3) is 0 Å². The summed E-state index contributed by atoms with van der Waals surface area (Å²) < 4.78 is 22.6. The van der Waals surface area contributed by atoms with Gasteiger partial charge in [0.05, 0.1) is 26.2 Å². The summed E-state index contributed by atoms with van der Waals surface area (Å²) >= 11 is 0. The van der Waals surface area contributed by atoms with E-state index in [2.05, 4.69) is 86.8 Å². The lowest BCUT2D eigenvalue weighted by Crippen LogP contribution is -2.59.